The van der Waals surface area contributed by atoms with E-state index in [4.69, 9.17) is 0 Å². The van der Waals surface area contributed by atoms with E-state index in [2.05, 4.69) is 12.2 Å². The number of hydrogen-bond donors (Lipinski definition) is 0. The molecule has 0 aromatic heterocycles. The Balaban J connectivity index is 1.70. The maximum atomic E-state index is 12.7. The van der Waals surface area contributed by atoms with Gasteiger partial charge in [0, 0.05) is 12.1 Å². The van der Waals surface area contributed by atoms with E-state index in [1.165, 1.54) is 29.2 Å². The summed E-state index contributed by atoms with van der Waals surface area (Å²) in [7, 11) is 0. The van der Waals surface area contributed by atoms with Gasteiger partial charge in [0.25, 0.3) is 5.69 Å². The Bertz CT molecular complexity index is 677. The monoisotopic (exact) mass is 298 g/mol. The molecular weight excluding hydrogens is 284 g/mol. The van der Waals surface area contributed by atoms with Gasteiger partial charge in [0.15, 0.2) is 0 Å². The number of hydrogen-bond acceptors (Lipinski definition) is 4. The van der Waals surface area contributed by atoms with Crippen LogP contribution in [0.3, 0.4) is 0 Å². The highest BCUT2D eigenvalue weighted by molar-refractivity contribution is 6.22. The van der Waals surface area contributed by atoms with Crippen molar-refractivity contribution in [1.82, 2.24) is 0 Å². The normalized spacial score (nSPS) is 32.5. The van der Waals surface area contributed by atoms with Crippen LogP contribution in [0.2, 0.25) is 0 Å². The van der Waals surface area contributed by atoms with Crippen molar-refractivity contribution in [2.75, 3.05) is 4.90 Å². The zero-order chi connectivity index (χ0) is 15.4. The summed E-state index contributed by atoms with van der Waals surface area (Å²) >= 11 is 0. The molecule has 22 heavy (non-hydrogen) atoms. The third-order valence-electron chi connectivity index (χ3n) is 5.08. The van der Waals surface area contributed by atoms with Gasteiger partial charge in [-0.15, -0.1) is 0 Å². The van der Waals surface area contributed by atoms with Gasteiger partial charge in [0.1, 0.15) is 0 Å². The van der Waals surface area contributed by atoms with E-state index in [0.717, 1.165) is 12.8 Å². The molecule has 1 aromatic rings. The molecule has 4 atom stereocenters. The highest BCUT2D eigenvalue weighted by atomic mass is 16.6. The summed E-state index contributed by atoms with van der Waals surface area (Å²) in [6.45, 7) is 0. The lowest BCUT2D eigenvalue weighted by atomic mass is 9.63. The minimum absolute atomic E-state index is 0.0537. The van der Waals surface area contributed by atoms with Gasteiger partial charge >= 0.3 is 0 Å². The number of amides is 2. The van der Waals surface area contributed by atoms with Crippen LogP contribution in [0.25, 0.3) is 0 Å². The molecule has 6 nitrogen and oxygen atoms in total. The van der Waals surface area contributed by atoms with Crippen molar-refractivity contribution in [1.29, 1.82) is 0 Å². The Kier molecular flexibility index (Phi) is 2.69. The van der Waals surface area contributed by atoms with Crippen molar-refractivity contribution in [2.45, 2.75) is 12.8 Å². The summed E-state index contributed by atoms with van der Waals surface area (Å²) in [5, 5.41) is 10.7. The van der Waals surface area contributed by atoms with E-state index >= 15 is 0 Å². The molecule has 3 aliphatic carbocycles. The van der Waals surface area contributed by atoms with Crippen LogP contribution in [0.1, 0.15) is 12.8 Å². The molecule has 5 rings (SSSR count). The average Bonchev–Trinajstić information content (AvgIpc) is 2.82. The SMILES string of the molecule is O=C1[C@@H]2[C@@H](C(=O)N1c1ccc([N+](=O)[O-])cc1)[C@H]1C=C[C@H]2CC1. The Labute approximate surface area is 126 Å². The molecule has 4 aliphatic rings. The van der Waals surface area contributed by atoms with E-state index < -0.39 is 4.92 Å². The second kappa shape index (κ2) is 4.50. The first-order valence-electron chi connectivity index (χ1n) is 7.38. The third kappa shape index (κ3) is 1.66. The molecule has 0 spiro atoms. The highest BCUT2D eigenvalue weighted by Crippen LogP contribution is 2.50. The molecule has 0 N–H and O–H groups in total. The average molecular weight is 298 g/mol. The molecule has 1 aromatic carbocycles. The maximum Gasteiger partial charge on any atom is 0.269 e. The molecule has 0 unspecified atom stereocenters. The first kappa shape index (κ1) is 13.2. The van der Waals surface area contributed by atoms with Gasteiger partial charge in [-0.1, -0.05) is 12.2 Å². The zero-order valence-corrected chi connectivity index (χ0v) is 11.7. The van der Waals surface area contributed by atoms with Crippen molar-refractivity contribution in [3.05, 3.63) is 46.5 Å². The number of non-ortho nitro benzene ring substituents is 1. The lowest BCUT2D eigenvalue weighted by molar-refractivity contribution is -0.384. The number of imide groups is 1. The van der Waals surface area contributed by atoms with Gasteiger partial charge in [-0.2, -0.15) is 0 Å². The van der Waals surface area contributed by atoms with Crippen molar-refractivity contribution in [3.63, 3.8) is 0 Å². The number of rotatable bonds is 2. The first-order valence-corrected chi connectivity index (χ1v) is 7.38. The number of carbonyl (C=O) groups excluding carboxylic acids is 2. The quantitative estimate of drug-likeness (QED) is 0.363. The molecule has 1 aliphatic heterocycles. The fraction of sp³-hybridized carbons (Fsp3) is 0.375. The minimum atomic E-state index is -0.499. The van der Waals surface area contributed by atoms with E-state index in [9.17, 15) is 19.7 Å². The predicted molar refractivity (Wildman–Crippen MR) is 77.9 cm³/mol. The first-order chi connectivity index (χ1) is 10.6. The molecule has 1 saturated carbocycles. The molecule has 0 radical (unpaired) electrons. The van der Waals surface area contributed by atoms with Crippen molar-refractivity contribution < 1.29 is 14.5 Å². The van der Waals surface area contributed by atoms with Crippen LogP contribution in [0.15, 0.2) is 36.4 Å². The summed E-state index contributed by atoms with van der Waals surface area (Å²) in [4.78, 5) is 36.8. The number of allylic oxidation sites excluding steroid dienone is 2. The Morgan fingerprint density at radius 3 is 1.86 bits per heavy atom. The molecule has 6 heteroatoms. The van der Waals surface area contributed by atoms with Gasteiger partial charge in [0.2, 0.25) is 11.8 Å². The standard InChI is InChI=1S/C16H14N2O4/c19-15-13-9-1-2-10(4-3-9)14(13)16(20)17(15)11-5-7-12(8-6-11)18(21)22/h1-2,5-10,13-14H,3-4H2/t9-,10-,13-,14-/m0/s1. The lowest BCUT2D eigenvalue weighted by Gasteiger charge is -2.38. The van der Waals surface area contributed by atoms with Crippen LogP contribution in [-0.2, 0) is 9.59 Å². The summed E-state index contributed by atoms with van der Waals surface area (Å²) in [5.41, 5.74) is 0.372. The summed E-state index contributed by atoms with van der Waals surface area (Å²) < 4.78 is 0. The zero-order valence-electron chi connectivity index (χ0n) is 11.7. The van der Waals surface area contributed by atoms with Crippen LogP contribution < -0.4 is 4.90 Å². The van der Waals surface area contributed by atoms with Gasteiger partial charge in [-0.3, -0.25) is 24.6 Å². The van der Waals surface area contributed by atoms with Crippen molar-refractivity contribution in [2.24, 2.45) is 23.7 Å². The Morgan fingerprint density at radius 1 is 0.955 bits per heavy atom. The Morgan fingerprint density at radius 2 is 1.45 bits per heavy atom. The van der Waals surface area contributed by atoms with Crippen LogP contribution in [0.4, 0.5) is 11.4 Å². The van der Waals surface area contributed by atoms with Crippen LogP contribution >= 0.6 is 0 Å². The van der Waals surface area contributed by atoms with E-state index in [0.29, 0.717) is 5.69 Å². The minimum Gasteiger partial charge on any atom is -0.274 e. The van der Waals surface area contributed by atoms with Crippen LogP contribution in [0, 0.1) is 33.8 Å². The fourth-order valence-electron chi connectivity index (χ4n) is 4.05. The number of fused-ring (bicyclic) bond motifs is 1. The molecular formula is C16H14N2O4. The number of nitro benzene ring substituents is 1. The van der Waals surface area contributed by atoms with E-state index in [1.807, 2.05) is 0 Å². The smallest absolute Gasteiger partial charge is 0.269 e. The summed E-state index contributed by atoms with van der Waals surface area (Å²) in [5.74, 6) is -0.548. The molecule has 1 saturated heterocycles. The number of anilines is 1. The van der Waals surface area contributed by atoms with E-state index in [-0.39, 0.29) is 41.2 Å². The summed E-state index contributed by atoms with van der Waals surface area (Å²) in [6.07, 6.45) is 6.05. The van der Waals surface area contributed by atoms with Gasteiger partial charge in [-0.05, 0) is 36.8 Å². The van der Waals surface area contributed by atoms with Gasteiger partial charge in [-0.25, -0.2) is 0 Å². The van der Waals surface area contributed by atoms with Gasteiger partial charge in [0.05, 0.1) is 22.4 Å². The molecule has 1 heterocycles. The fourth-order valence-corrected chi connectivity index (χ4v) is 4.05. The van der Waals surface area contributed by atoms with Gasteiger partial charge < -0.3 is 0 Å². The number of nitro groups is 1. The second-order valence-electron chi connectivity index (χ2n) is 6.13. The molecule has 2 fully saturated rings. The van der Waals surface area contributed by atoms with Crippen molar-refractivity contribution in [3.8, 4) is 0 Å². The van der Waals surface area contributed by atoms with Crippen LogP contribution in [-0.4, -0.2) is 16.7 Å². The maximum absolute atomic E-state index is 12.7. The van der Waals surface area contributed by atoms with Crippen LogP contribution in [0.5, 0.6) is 0 Å². The highest BCUT2D eigenvalue weighted by Gasteiger charge is 2.56. The molecule has 112 valence electrons. The molecule has 2 bridgehead atoms. The second-order valence-corrected chi connectivity index (χ2v) is 6.13. The largest absolute Gasteiger partial charge is 0.274 e. The number of benzene rings is 1. The number of nitrogens with zero attached hydrogens (tertiary/aromatic N) is 2. The number of carbonyl (C=O) groups is 2. The summed E-state index contributed by atoms with van der Waals surface area (Å²) in [6, 6.07) is 5.59. The lowest BCUT2D eigenvalue weighted by Crippen LogP contribution is -2.38. The molecule has 2 amide bonds. The third-order valence-corrected chi connectivity index (χ3v) is 5.08. The van der Waals surface area contributed by atoms with Crippen molar-refractivity contribution >= 4 is 23.2 Å². The van der Waals surface area contributed by atoms with E-state index in [1.54, 1.807) is 0 Å². The topological polar surface area (TPSA) is 80.5 Å². The predicted octanol–water partition coefficient (Wildman–Crippen LogP) is 2.30. The Hall–Kier alpha value is -2.50.